The second-order valence-corrected chi connectivity index (χ2v) is 12.8. The average Bonchev–Trinajstić information content (AvgIpc) is 3.45. The molecular weight excluding hydrogens is 638 g/mol. The van der Waals surface area contributed by atoms with Crippen molar-refractivity contribution in [1.29, 1.82) is 0 Å². The summed E-state index contributed by atoms with van der Waals surface area (Å²) >= 11 is 0. The molecule has 5 rings (SSSR count). The summed E-state index contributed by atoms with van der Waals surface area (Å²) in [6, 6.07) is 7.76. The van der Waals surface area contributed by atoms with Crippen molar-refractivity contribution in [1.82, 2.24) is 9.13 Å². The summed E-state index contributed by atoms with van der Waals surface area (Å²) in [7, 11) is 0. The molecule has 0 N–H and O–H groups in total. The zero-order chi connectivity index (χ0) is 35.7. The number of fused-ring (bicyclic) bond motifs is 2. The molecule has 6 nitrogen and oxygen atoms in total. The zero-order valence-corrected chi connectivity index (χ0v) is 27.2. The van der Waals surface area contributed by atoms with Crippen molar-refractivity contribution in [2.24, 2.45) is 0 Å². The molecule has 0 aliphatic carbocycles. The van der Waals surface area contributed by atoms with E-state index in [0.717, 1.165) is 41.0 Å². The smallest absolute Gasteiger partial charge is 0.269 e. The van der Waals surface area contributed by atoms with Gasteiger partial charge in [-0.2, -0.15) is 26.3 Å². The molecular formula is C36H34F6N2O4. The lowest BCUT2D eigenvalue weighted by Crippen LogP contribution is -2.42. The molecule has 0 saturated carbocycles. The van der Waals surface area contributed by atoms with E-state index >= 15 is 0 Å². The third-order valence-electron chi connectivity index (χ3n) is 10.4. The first-order valence-electron chi connectivity index (χ1n) is 15.7. The highest BCUT2D eigenvalue weighted by atomic mass is 19.4. The van der Waals surface area contributed by atoms with Crippen molar-refractivity contribution >= 4 is 21.5 Å². The maximum absolute atomic E-state index is 14.6. The fourth-order valence-electron chi connectivity index (χ4n) is 6.45. The number of nitrogens with zero attached hydrogens (tertiary/aromatic N) is 2. The fraction of sp³-hybridized carbons (Fsp3) is 0.389. The molecule has 0 unspecified atom stereocenters. The van der Waals surface area contributed by atoms with Crippen LogP contribution in [0.1, 0.15) is 83.9 Å². The number of alkyl halides is 6. The van der Waals surface area contributed by atoms with E-state index in [1.165, 1.54) is 6.07 Å². The van der Waals surface area contributed by atoms with Gasteiger partial charge in [-0.3, -0.25) is 23.7 Å². The first-order chi connectivity index (χ1) is 22.3. The van der Waals surface area contributed by atoms with Crippen LogP contribution in [0, 0.1) is 0 Å². The van der Waals surface area contributed by atoms with Gasteiger partial charge in [0.15, 0.2) is 0 Å². The average molecular weight is 673 g/mol. The Balaban J connectivity index is 1.75. The molecule has 5 aromatic rings. The molecule has 2 aromatic heterocycles. The summed E-state index contributed by atoms with van der Waals surface area (Å²) in [5.41, 5.74) is -9.25. The van der Waals surface area contributed by atoms with Gasteiger partial charge < -0.3 is 0 Å². The van der Waals surface area contributed by atoms with Crippen molar-refractivity contribution < 1.29 is 26.3 Å². The van der Waals surface area contributed by atoms with E-state index in [-0.39, 0.29) is 21.5 Å². The first-order valence-corrected chi connectivity index (χ1v) is 15.7. The summed E-state index contributed by atoms with van der Waals surface area (Å²) < 4.78 is 88.3. The molecule has 12 heteroatoms. The third kappa shape index (κ3) is 5.29. The highest BCUT2D eigenvalue weighted by Crippen LogP contribution is 2.45. The molecule has 0 aliphatic rings. The minimum Gasteiger partial charge on any atom is -0.269 e. The number of hydrogen-bond donors (Lipinski definition) is 0. The molecule has 0 fully saturated rings. The van der Waals surface area contributed by atoms with Crippen LogP contribution in [-0.2, 0) is 23.3 Å². The number of aromatic nitrogens is 2. The summed E-state index contributed by atoms with van der Waals surface area (Å²) in [6.45, 7) is 10.8. The fourth-order valence-corrected chi connectivity index (χ4v) is 6.45. The van der Waals surface area contributed by atoms with Gasteiger partial charge in [-0.15, -0.1) is 0 Å². The van der Waals surface area contributed by atoms with Gasteiger partial charge >= 0.3 is 12.4 Å². The number of rotatable bonds is 8. The molecule has 0 spiro atoms. The van der Waals surface area contributed by atoms with Crippen LogP contribution in [0.3, 0.4) is 0 Å². The minimum atomic E-state index is -5.18. The Morgan fingerprint density at radius 3 is 1.38 bits per heavy atom. The minimum absolute atomic E-state index is 0.105. The second kappa shape index (κ2) is 11.6. The number of halogens is 6. The van der Waals surface area contributed by atoms with Gasteiger partial charge in [0.1, 0.15) is 0 Å². The third-order valence-corrected chi connectivity index (χ3v) is 10.4. The maximum atomic E-state index is 14.6. The largest absolute Gasteiger partial charge is 0.417 e. The van der Waals surface area contributed by atoms with E-state index in [1.54, 1.807) is 13.8 Å². The van der Waals surface area contributed by atoms with Crippen LogP contribution in [0.5, 0.6) is 0 Å². The predicted octanol–water partition coefficient (Wildman–Crippen LogP) is 8.22. The Labute approximate surface area is 270 Å². The van der Waals surface area contributed by atoms with Crippen LogP contribution < -0.4 is 22.2 Å². The molecule has 0 atom stereocenters. The molecule has 2 heterocycles. The van der Waals surface area contributed by atoms with E-state index < -0.39 is 73.5 Å². The quantitative estimate of drug-likeness (QED) is 0.156. The van der Waals surface area contributed by atoms with Crippen molar-refractivity contribution in [2.75, 3.05) is 0 Å². The molecule has 0 radical (unpaired) electrons. The summed E-state index contributed by atoms with van der Waals surface area (Å²) in [5, 5.41) is -0.768. The standard InChI is InChI=1S/C36H34F6N2O4/c1-7-33(5,8-2)19-11-13-21(27(15-19)35(37,38)39)22-14-12-20(16-28(22)36(40,41)42)43-29(45)23-17-25-26(18-24(23)30(43)46)32(48)44(31(25)47)34(6,9-3)10-4/h11-18H,7-10H2,1-6H3. The Kier molecular flexibility index (Phi) is 8.41. The van der Waals surface area contributed by atoms with Crippen molar-refractivity contribution in [2.45, 2.75) is 90.5 Å². The summed E-state index contributed by atoms with van der Waals surface area (Å²) in [4.78, 5) is 53.8. The van der Waals surface area contributed by atoms with Crippen LogP contribution >= 0.6 is 0 Å². The number of hydrogen-bond acceptors (Lipinski definition) is 4. The predicted molar refractivity (Wildman–Crippen MR) is 174 cm³/mol. The van der Waals surface area contributed by atoms with Crippen molar-refractivity contribution in [3.63, 3.8) is 0 Å². The maximum Gasteiger partial charge on any atom is 0.417 e. The Bertz CT molecular complexity index is 2200. The second-order valence-electron chi connectivity index (χ2n) is 12.8. The van der Waals surface area contributed by atoms with E-state index in [9.17, 15) is 45.5 Å². The lowest BCUT2D eigenvalue weighted by atomic mass is 9.76. The van der Waals surface area contributed by atoms with Crippen LogP contribution in [0.2, 0.25) is 0 Å². The summed E-state index contributed by atoms with van der Waals surface area (Å²) in [6.07, 6.45) is -8.27. The Hall–Kier alpha value is -4.48. The van der Waals surface area contributed by atoms with Crippen molar-refractivity contribution in [3.8, 4) is 16.8 Å². The van der Waals surface area contributed by atoms with Crippen LogP contribution in [0.4, 0.5) is 26.3 Å². The first kappa shape index (κ1) is 34.8. The van der Waals surface area contributed by atoms with Gasteiger partial charge in [-0.25, -0.2) is 4.57 Å². The van der Waals surface area contributed by atoms with Crippen LogP contribution in [-0.4, -0.2) is 9.13 Å². The van der Waals surface area contributed by atoms with Gasteiger partial charge in [0, 0.05) is 5.54 Å². The molecule has 3 aromatic carbocycles. The van der Waals surface area contributed by atoms with Gasteiger partial charge in [0.05, 0.1) is 38.4 Å². The van der Waals surface area contributed by atoms with E-state index in [0.29, 0.717) is 41.9 Å². The van der Waals surface area contributed by atoms with Crippen molar-refractivity contribution in [3.05, 3.63) is 107 Å². The molecule has 0 saturated heterocycles. The highest BCUT2D eigenvalue weighted by molar-refractivity contribution is 5.98. The number of benzene rings is 3. The Morgan fingerprint density at radius 2 is 0.958 bits per heavy atom. The van der Waals surface area contributed by atoms with Gasteiger partial charge in [-0.1, -0.05) is 52.8 Å². The molecule has 0 amide bonds. The lowest BCUT2D eigenvalue weighted by molar-refractivity contribution is -0.139. The van der Waals surface area contributed by atoms with E-state index in [4.69, 9.17) is 0 Å². The highest BCUT2D eigenvalue weighted by Gasteiger charge is 2.40. The van der Waals surface area contributed by atoms with Crippen LogP contribution in [0.25, 0.3) is 38.4 Å². The molecule has 0 bridgehead atoms. The molecule has 48 heavy (non-hydrogen) atoms. The SMILES string of the molecule is CCC(C)(CC)c1ccc(-c2ccc(-n3c(=O)c4cc5c(=O)n(C(C)(CC)CC)c(=O)c5cc4c3=O)cc2C(F)(F)F)c(C(F)(F)F)c1. The van der Waals surface area contributed by atoms with E-state index in [2.05, 4.69) is 0 Å². The van der Waals surface area contributed by atoms with E-state index in [1.807, 2.05) is 27.7 Å². The van der Waals surface area contributed by atoms with Crippen LogP contribution in [0.15, 0.2) is 67.7 Å². The topological polar surface area (TPSA) is 78.1 Å². The normalized spacial score (nSPS) is 13.2. The molecule has 0 aliphatic heterocycles. The zero-order valence-electron chi connectivity index (χ0n) is 27.2. The molecule has 254 valence electrons. The van der Waals surface area contributed by atoms with Gasteiger partial charge in [0.25, 0.3) is 22.2 Å². The van der Waals surface area contributed by atoms with Gasteiger partial charge in [0.2, 0.25) is 0 Å². The summed E-state index contributed by atoms with van der Waals surface area (Å²) in [5.74, 6) is 0. The Morgan fingerprint density at radius 1 is 0.542 bits per heavy atom. The van der Waals surface area contributed by atoms with Gasteiger partial charge in [-0.05, 0) is 85.0 Å². The lowest BCUT2D eigenvalue weighted by Gasteiger charge is -2.29. The monoisotopic (exact) mass is 672 g/mol.